The molecule has 1 aromatic rings. The highest BCUT2D eigenvalue weighted by molar-refractivity contribution is 6.54. The van der Waals surface area contributed by atoms with Crippen LogP contribution in [-0.4, -0.2) is 30.0 Å². The molecule has 0 bridgehead atoms. The Labute approximate surface area is 104 Å². The molecule has 0 aliphatic heterocycles. The predicted octanol–water partition coefficient (Wildman–Crippen LogP) is 1.15. The molecule has 1 aromatic carbocycles. The fourth-order valence-electron chi connectivity index (χ4n) is 1.24. The molecule has 1 unspecified atom stereocenters. The summed E-state index contributed by atoms with van der Waals surface area (Å²) in [5, 5.41) is -1.48. The van der Waals surface area contributed by atoms with Gasteiger partial charge in [0.2, 0.25) is 0 Å². The van der Waals surface area contributed by atoms with Gasteiger partial charge in [-0.25, -0.2) is 4.79 Å². The zero-order valence-electron chi connectivity index (χ0n) is 9.18. The topological polar surface area (TPSA) is 60.4 Å². The van der Waals surface area contributed by atoms with Crippen molar-refractivity contribution < 1.29 is 19.1 Å². The van der Waals surface area contributed by atoms with Gasteiger partial charge >= 0.3 is 5.97 Å². The number of ketones is 2. The fraction of sp³-hybridized carbons (Fsp3) is 0.250. The van der Waals surface area contributed by atoms with Crippen molar-refractivity contribution in [1.82, 2.24) is 0 Å². The first-order valence-corrected chi connectivity index (χ1v) is 5.32. The third-order valence-electron chi connectivity index (χ3n) is 2.12. The maximum absolute atomic E-state index is 11.6. The fourth-order valence-corrected chi connectivity index (χ4v) is 1.40. The molecule has 0 aliphatic carbocycles. The van der Waals surface area contributed by atoms with E-state index in [2.05, 4.69) is 4.74 Å². The Morgan fingerprint density at radius 2 is 1.82 bits per heavy atom. The SMILES string of the molecule is COC(=O)C(=O)C(Cl)C(=O)Cc1ccccc1. The molecule has 5 heteroatoms. The van der Waals surface area contributed by atoms with Gasteiger partial charge in [0.05, 0.1) is 7.11 Å². The van der Waals surface area contributed by atoms with E-state index in [1.54, 1.807) is 24.3 Å². The molecule has 0 aliphatic rings. The molecule has 0 saturated carbocycles. The number of carbonyl (C=O) groups excluding carboxylic acids is 3. The van der Waals surface area contributed by atoms with Gasteiger partial charge in [0.1, 0.15) is 0 Å². The highest BCUT2D eigenvalue weighted by Crippen LogP contribution is 2.07. The van der Waals surface area contributed by atoms with Gasteiger partial charge in [-0.2, -0.15) is 0 Å². The van der Waals surface area contributed by atoms with E-state index in [1.807, 2.05) is 6.07 Å². The van der Waals surface area contributed by atoms with Crippen molar-refractivity contribution in [2.45, 2.75) is 11.8 Å². The molecule has 0 saturated heterocycles. The number of hydrogen-bond donors (Lipinski definition) is 0. The molecule has 0 heterocycles. The van der Waals surface area contributed by atoms with Crippen LogP contribution in [0.25, 0.3) is 0 Å². The summed E-state index contributed by atoms with van der Waals surface area (Å²) >= 11 is 5.61. The summed E-state index contributed by atoms with van der Waals surface area (Å²) in [7, 11) is 1.06. The summed E-state index contributed by atoms with van der Waals surface area (Å²) in [6.45, 7) is 0. The molecule has 0 amide bonds. The molecule has 0 radical (unpaired) electrons. The summed E-state index contributed by atoms with van der Waals surface area (Å²) < 4.78 is 4.21. The molecule has 0 fully saturated rings. The van der Waals surface area contributed by atoms with Crippen molar-refractivity contribution in [3.8, 4) is 0 Å². The number of rotatable bonds is 5. The average Bonchev–Trinajstić information content (AvgIpc) is 2.37. The minimum atomic E-state index is -1.48. The summed E-state index contributed by atoms with van der Waals surface area (Å²) in [4.78, 5) is 33.8. The quantitative estimate of drug-likeness (QED) is 0.342. The van der Waals surface area contributed by atoms with Crippen molar-refractivity contribution in [1.29, 1.82) is 0 Å². The van der Waals surface area contributed by atoms with Crippen LogP contribution in [0.1, 0.15) is 5.56 Å². The van der Waals surface area contributed by atoms with Gasteiger partial charge in [-0.05, 0) is 5.56 Å². The van der Waals surface area contributed by atoms with E-state index in [4.69, 9.17) is 11.6 Å². The monoisotopic (exact) mass is 254 g/mol. The normalized spacial score (nSPS) is 11.6. The second-order valence-corrected chi connectivity index (χ2v) is 3.78. The van der Waals surface area contributed by atoms with Gasteiger partial charge in [0.15, 0.2) is 11.2 Å². The van der Waals surface area contributed by atoms with Crippen LogP contribution in [0.15, 0.2) is 30.3 Å². The molecule has 0 N–H and O–H groups in total. The minimum absolute atomic E-state index is 0.0116. The third kappa shape index (κ3) is 3.67. The zero-order valence-corrected chi connectivity index (χ0v) is 9.94. The third-order valence-corrected chi connectivity index (χ3v) is 2.56. The highest BCUT2D eigenvalue weighted by atomic mass is 35.5. The van der Waals surface area contributed by atoms with Gasteiger partial charge in [-0.3, -0.25) is 9.59 Å². The van der Waals surface area contributed by atoms with Gasteiger partial charge in [-0.15, -0.1) is 11.6 Å². The van der Waals surface area contributed by atoms with Crippen molar-refractivity contribution in [2.75, 3.05) is 7.11 Å². The second-order valence-electron chi connectivity index (χ2n) is 3.35. The number of ether oxygens (including phenoxy) is 1. The van der Waals surface area contributed by atoms with E-state index < -0.39 is 22.9 Å². The number of hydrogen-bond acceptors (Lipinski definition) is 4. The first-order chi connectivity index (χ1) is 8.06. The Morgan fingerprint density at radius 3 is 2.35 bits per heavy atom. The van der Waals surface area contributed by atoms with E-state index >= 15 is 0 Å². The lowest BCUT2D eigenvalue weighted by Gasteiger charge is -2.06. The molecule has 4 nitrogen and oxygen atoms in total. The van der Waals surface area contributed by atoms with Crippen LogP contribution in [0.5, 0.6) is 0 Å². The first-order valence-electron chi connectivity index (χ1n) is 4.89. The van der Waals surface area contributed by atoms with Crippen LogP contribution in [0, 0.1) is 0 Å². The van der Waals surface area contributed by atoms with Crippen LogP contribution >= 0.6 is 11.6 Å². The van der Waals surface area contributed by atoms with Crippen molar-refractivity contribution in [3.05, 3.63) is 35.9 Å². The lowest BCUT2D eigenvalue weighted by molar-refractivity contribution is -0.152. The zero-order chi connectivity index (χ0) is 12.8. The average molecular weight is 255 g/mol. The smallest absolute Gasteiger partial charge is 0.376 e. The lowest BCUT2D eigenvalue weighted by atomic mass is 10.1. The van der Waals surface area contributed by atoms with Crippen LogP contribution in [0.3, 0.4) is 0 Å². The van der Waals surface area contributed by atoms with Crippen molar-refractivity contribution >= 4 is 29.1 Å². The Balaban J connectivity index is 2.65. The number of benzene rings is 1. The van der Waals surface area contributed by atoms with Crippen LogP contribution in [0.4, 0.5) is 0 Å². The summed E-state index contributed by atoms with van der Waals surface area (Å²) in [5.74, 6) is -2.66. The number of alkyl halides is 1. The molecule has 90 valence electrons. The molecular weight excluding hydrogens is 244 g/mol. The van der Waals surface area contributed by atoms with E-state index in [-0.39, 0.29) is 6.42 Å². The molecule has 0 spiro atoms. The summed E-state index contributed by atoms with van der Waals surface area (Å²) in [5.41, 5.74) is 0.737. The van der Waals surface area contributed by atoms with Crippen LogP contribution < -0.4 is 0 Å². The van der Waals surface area contributed by atoms with E-state index in [0.29, 0.717) is 0 Å². The second kappa shape index (κ2) is 6.15. The largest absolute Gasteiger partial charge is 0.463 e. The summed E-state index contributed by atoms with van der Waals surface area (Å²) in [6, 6.07) is 8.84. The number of carbonyl (C=O) groups is 3. The first kappa shape index (κ1) is 13.4. The molecular formula is C12H11ClO4. The Bertz CT molecular complexity index is 427. The molecule has 1 atom stereocenters. The standard InChI is InChI=1S/C12H11ClO4/c1-17-12(16)11(15)10(13)9(14)7-8-5-3-2-4-6-8/h2-6,10H,7H2,1H3. The number of Topliss-reactive ketones (excluding diaryl/α,β-unsaturated/α-hetero) is 2. The van der Waals surface area contributed by atoms with Gasteiger partial charge in [0.25, 0.3) is 5.78 Å². The van der Waals surface area contributed by atoms with Gasteiger partial charge < -0.3 is 4.74 Å². The molecule has 17 heavy (non-hydrogen) atoms. The number of esters is 1. The van der Waals surface area contributed by atoms with E-state index in [0.717, 1.165) is 12.7 Å². The van der Waals surface area contributed by atoms with Crippen LogP contribution in [0.2, 0.25) is 0 Å². The summed E-state index contributed by atoms with van der Waals surface area (Å²) in [6.07, 6.45) is 0.0116. The maximum atomic E-state index is 11.6. The number of halogens is 1. The van der Waals surface area contributed by atoms with Crippen molar-refractivity contribution in [3.63, 3.8) is 0 Å². The van der Waals surface area contributed by atoms with Gasteiger partial charge in [-0.1, -0.05) is 30.3 Å². The molecule has 1 rings (SSSR count). The van der Waals surface area contributed by atoms with E-state index in [1.165, 1.54) is 0 Å². The predicted molar refractivity (Wildman–Crippen MR) is 61.8 cm³/mol. The minimum Gasteiger partial charge on any atom is -0.463 e. The highest BCUT2D eigenvalue weighted by Gasteiger charge is 2.29. The van der Waals surface area contributed by atoms with Crippen molar-refractivity contribution in [2.24, 2.45) is 0 Å². The lowest BCUT2D eigenvalue weighted by Crippen LogP contribution is -2.32. The molecule has 0 aromatic heterocycles. The Hall–Kier alpha value is -1.68. The van der Waals surface area contributed by atoms with Gasteiger partial charge in [0, 0.05) is 6.42 Å². The van der Waals surface area contributed by atoms with Crippen LogP contribution in [-0.2, 0) is 25.5 Å². The number of methoxy groups -OCH3 is 1. The Kier molecular flexibility index (Phi) is 4.84. The maximum Gasteiger partial charge on any atom is 0.376 e. The van der Waals surface area contributed by atoms with E-state index in [9.17, 15) is 14.4 Å². The Morgan fingerprint density at radius 1 is 1.24 bits per heavy atom.